The third kappa shape index (κ3) is 3.68. The molecule has 2 rings (SSSR count). The van der Waals surface area contributed by atoms with Crippen molar-refractivity contribution in [2.24, 2.45) is 0 Å². The van der Waals surface area contributed by atoms with Crippen LogP contribution >= 0.6 is 47.8 Å². The van der Waals surface area contributed by atoms with Gasteiger partial charge in [-0.05, 0) is 77.6 Å². The summed E-state index contributed by atoms with van der Waals surface area (Å²) in [4.78, 5) is 0. The second-order valence-electron chi connectivity index (χ2n) is 4.07. The predicted octanol–water partition coefficient (Wildman–Crippen LogP) is 5.14. The zero-order chi connectivity index (χ0) is 14.7. The molecule has 0 atom stereocenters. The summed E-state index contributed by atoms with van der Waals surface area (Å²) < 4.78 is 13.6. The summed E-state index contributed by atoms with van der Waals surface area (Å²) in [6, 6.07) is 9.45. The Hall–Kier alpha value is -0.720. The topological polar surface area (TPSA) is 44.5 Å². The molecule has 0 heterocycles. The molecule has 2 aromatic carbocycles. The fourth-order valence-electron chi connectivity index (χ4n) is 1.67. The van der Waals surface area contributed by atoms with E-state index in [9.17, 15) is 0 Å². The minimum Gasteiger partial charge on any atom is -0.496 e. The molecule has 0 aliphatic rings. The molecule has 0 amide bonds. The Bertz CT molecular complexity index is 609. The maximum absolute atomic E-state index is 5.83. The van der Waals surface area contributed by atoms with Crippen molar-refractivity contribution in [2.45, 2.75) is 6.61 Å². The number of rotatable bonds is 4. The van der Waals surface area contributed by atoms with Gasteiger partial charge in [-0.3, -0.25) is 0 Å². The molecule has 0 bridgehead atoms. The van der Waals surface area contributed by atoms with E-state index in [2.05, 4.69) is 47.8 Å². The SMILES string of the molecule is COc1ccc(COc2c(Br)cc(N)cc2Br)cc1Br. The quantitative estimate of drug-likeness (QED) is 0.635. The Kier molecular flexibility index (Phi) is 5.35. The maximum atomic E-state index is 5.83. The lowest BCUT2D eigenvalue weighted by Gasteiger charge is -2.12. The van der Waals surface area contributed by atoms with E-state index >= 15 is 0 Å². The average molecular weight is 466 g/mol. The molecule has 0 unspecified atom stereocenters. The summed E-state index contributed by atoms with van der Waals surface area (Å²) in [5.74, 6) is 1.52. The van der Waals surface area contributed by atoms with Gasteiger partial charge in [-0.25, -0.2) is 0 Å². The van der Waals surface area contributed by atoms with Crippen LogP contribution in [0.3, 0.4) is 0 Å². The van der Waals surface area contributed by atoms with Gasteiger partial charge >= 0.3 is 0 Å². The first-order chi connectivity index (χ1) is 9.51. The molecule has 0 spiro atoms. The molecule has 0 saturated heterocycles. The molecule has 3 nitrogen and oxygen atoms in total. The number of benzene rings is 2. The molecule has 106 valence electrons. The second kappa shape index (κ2) is 6.83. The molecule has 20 heavy (non-hydrogen) atoms. The van der Waals surface area contributed by atoms with Gasteiger partial charge in [-0.15, -0.1) is 0 Å². The summed E-state index contributed by atoms with van der Waals surface area (Å²) in [5.41, 5.74) is 7.46. The highest BCUT2D eigenvalue weighted by molar-refractivity contribution is 9.11. The third-order valence-electron chi connectivity index (χ3n) is 2.62. The normalized spacial score (nSPS) is 10.4. The maximum Gasteiger partial charge on any atom is 0.148 e. The Morgan fingerprint density at radius 1 is 1.00 bits per heavy atom. The molecule has 2 aromatic rings. The van der Waals surface area contributed by atoms with E-state index in [-0.39, 0.29) is 0 Å². The molecular formula is C14H12Br3NO2. The van der Waals surface area contributed by atoms with Gasteiger partial charge in [0.15, 0.2) is 0 Å². The zero-order valence-corrected chi connectivity index (χ0v) is 15.4. The number of methoxy groups -OCH3 is 1. The van der Waals surface area contributed by atoms with Gasteiger partial charge in [0, 0.05) is 5.69 Å². The van der Waals surface area contributed by atoms with E-state index in [1.54, 1.807) is 7.11 Å². The molecular weight excluding hydrogens is 454 g/mol. The lowest BCUT2D eigenvalue weighted by atomic mass is 10.2. The molecule has 0 saturated carbocycles. The molecule has 6 heteroatoms. The van der Waals surface area contributed by atoms with Gasteiger partial charge in [0.25, 0.3) is 0 Å². The van der Waals surface area contributed by atoms with Crippen molar-refractivity contribution in [3.05, 3.63) is 49.3 Å². The predicted molar refractivity (Wildman–Crippen MR) is 91.3 cm³/mol. The Balaban J connectivity index is 2.15. The van der Waals surface area contributed by atoms with Gasteiger partial charge in [-0.1, -0.05) is 6.07 Å². The van der Waals surface area contributed by atoms with Gasteiger partial charge in [0.05, 0.1) is 20.5 Å². The van der Waals surface area contributed by atoms with Crippen LogP contribution in [-0.2, 0) is 6.61 Å². The first-order valence-corrected chi connectivity index (χ1v) is 8.09. The molecule has 2 N–H and O–H groups in total. The number of nitrogens with two attached hydrogens (primary N) is 1. The minimum atomic E-state index is 0.448. The molecule has 0 radical (unpaired) electrons. The van der Waals surface area contributed by atoms with Crippen LogP contribution in [0.15, 0.2) is 43.7 Å². The van der Waals surface area contributed by atoms with Crippen molar-refractivity contribution >= 4 is 53.5 Å². The zero-order valence-electron chi connectivity index (χ0n) is 10.6. The average Bonchev–Trinajstić information content (AvgIpc) is 2.37. The van der Waals surface area contributed by atoms with Crippen LogP contribution in [-0.4, -0.2) is 7.11 Å². The number of nitrogen functional groups attached to an aromatic ring is 1. The Morgan fingerprint density at radius 2 is 1.65 bits per heavy atom. The van der Waals surface area contributed by atoms with Crippen molar-refractivity contribution < 1.29 is 9.47 Å². The minimum absolute atomic E-state index is 0.448. The second-order valence-corrected chi connectivity index (χ2v) is 6.63. The first kappa shape index (κ1) is 15.7. The number of ether oxygens (including phenoxy) is 2. The lowest BCUT2D eigenvalue weighted by Crippen LogP contribution is -1.98. The third-order valence-corrected chi connectivity index (χ3v) is 4.42. The number of hydrogen-bond acceptors (Lipinski definition) is 3. The highest BCUT2D eigenvalue weighted by atomic mass is 79.9. The van der Waals surface area contributed by atoms with Gasteiger partial charge in [-0.2, -0.15) is 0 Å². The van der Waals surface area contributed by atoms with Crippen molar-refractivity contribution in [2.75, 3.05) is 12.8 Å². The fourth-order valence-corrected chi connectivity index (χ4v) is 3.71. The largest absolute Gasteiger partial charge is 0.496 e. The van der Waals surface area contributed by atoms with Crippen LogP contribution in [0.2, 0.25) is 0 Å². The van der Waals surface area contributed by atoms with Crippen molar-refractivity contribution in [3.63, 3.8) is 0 Å². The molecule has 0 aliphatic heterocycles. The standard InChI is InChI=1S/C14H12Br3NO2/c1-19-13-3-2-8(4-10(13)15)7-20-14-11(16)5-9(18)6-12(14)17/h2-6H,7,18H2,1H3. The smallest absolute Gasteiger partial charge is 0.148 e. The van der Waals surface area contributed by atoms with E-state index < -0.39 is 0 Å². The lowest BCUT2D eigenvalue weighted by molar-refractivity contribution is 0.302. The molecule has 0 fully saturated rings. The summed E-state index contributed by atoms with van der Waals surface area (Å²) in [5, 5.41) is 0. The van der Waals surface area contributed by atoms with E-state index in [1.165, 1.54) is 0 Å². The molecule has 0 aliphatic carbocycles. The van der Waals surface area contributed by atoms with Crippen molar-refractivity contribution in [1.29, 1.82) is 0 Å². The van der Waals surface area contributed by atoms with Gasteiger partial charge < -0.3 is 15.2 Å². The molecule has 0 aromatic heterocycles. The number of hydrogen-bond donors (Lipinski definition) is 1. The first-order valence-electron chi connectivity index (χ1n) is 5.71. The summed E-state index contributed by atoms with van der Waals surface area (Å²) in [6.07, 6.45) is 0. The summed E-state index contributed by atoms with van der Waals surface area (Å²) in [7, 11) is 1.64. The van der Waals surface area contributed by atoms with Crippen LogP contribution in [0.25, 0.3) is 0 Å². The number of anilines is 1. The summed E-state index contributed by atoms with van der Waals surface area (Å²) in [6.45, 7) is 0.448. The van der Waals surface area contributed by atoms with Crippen LogP contribution < -0.4 is 15.2 Å². The highest BCUT2D eigenvalue weighted by Crippen LogP contribution is 2.36. The van der Waals surface area contributed by atoms with Crippen LogP contribution in [0.5, 0.6) is 11.5 Å². The Labute approximate surface area is 142 Å². The number of halogens is 3. The highest BCUT2D eigenvalue weighted by Gasteiger charge is 2.09. The van der Waals surface area contributed by atoms with Crippen molar-refractivity contribution in [3.8, 4) is 11.5 Å². The Morgan fingerprint density at radius 3 is 2.20 bits per heavy atom. The van der Waals surface area contributed by atoms with Crippen LogP contribution in [0, 0.1) is 0 Å². The van der Waals surface area contributed by atoms with Gasteiger partial charge in [0.2, 0.25) is 0 Å². The van der Waals surface area contributed by atoms with E-state index in [4.69, 9.17) is 15.2 Å². The van der Waals surface area contributed by atoms with E-state index in [0.29, 0.717) is 12.3 Å². The van der Waals surface area contributed by atoms with Crippen molar-refractivity contribution in [1.82, 2.24) is 0 Å². The fraction of sp³-hybridized carbons (Fsp3) is 0.143. The van der Waals surface area contributed by atoms with Crippen LogP contribution in [0.1, 0.15) is 5.56 Å². The van der Waals surface area contributed by atoms with Crippen LogP contribution in [0.4, 0.5) is 5.69 Å². The summed E-state index contributed by atoms with van der Waals surface area (Å²) >= 11 is 10.3. The van der Waals surface area contributed by atoms with E-state index in [1.807, 2.05) is 30.3 Å². The van der Waals surface area contributed by atoms with E-state index in [0.717, 1.165) is 30.5 Å². The monoisotopic (exact) mass is 463 g/mol. The van der Waals surface area contributed by atoms with Gasteiger partial charge in [0.1, 0.15) is 18.1 Å².